The monoisotopic (exact) mass is 226 g/mol. The summed E-state index contributed by atoms with van der Waals surface area (Å²) in [6.45, 7) is 0.912. The first-order valence-electron chi connectivity index (χ1n) is 4.87. The second-order valence-electron chi connectivity index (χ2n) is 3.67. The lowest BCUT2D eigenvalue weighted by atomic mass is 10.2. The molecule has 0 saturated carbocycles. The Morgan fingerprint density at radius 3 is 2.75 bits per heavy atom. The van der Waals surface area contributed by atoms with E-state index in [0.717, 1.165) is 6.07 Å². The molecule has 0 fully saturated rings. The van der Waals surface area contributed by atoms with Gasteiger partial charge >= 0.3 is 5.97 Å². The number of nitrogens with zero attached hydrogens (tertiary/aromatic N) is 1. The summed E-state index contributed by atoms with van der Waals surface area (Å²) >= 11 is 0. The number of likely N-dealkylation sites (N-methyl/N-ethyl adjacent to an activating group) is 1. The fourth-order valence-electron chi connectivity index (χ4n) is 1.12. The Morgan fingerprint density at radius 2 is 2.19 bits per heavy atom. The van der Waals surface area contributed by atoms with Gasteiger partial charge in [0.05, 0.1) is 5.56 Å². The molecular weight excluding hydrogens is 211 g/mol. The van der Waals surface area contributed by atoms with E-state index in [1.165, 1.54) is 12.1 Å². The molecular formula is C11H15FN2O2. The molecule has 0 saturated heterocycles. The number of esters is 1. The van der Waals surface area contributed by atoms with Gasteiger partial charge in [0.1, 0.15) is 12.4 Å². The second-order valence-corrected chi connectivity index (χ2v) is 3.67. The van der Waals surface area contributed by atoms with Crippen molar-refractivity contribution in [2.75, 3.05) is 33.0 Å². The van der Waals surface area contributed by atoms with Crippen molar-refractivity contribution in [3.63, 3.8) is 0 Å². The topological polar surface area (TPSA) is 55.6 Å². The van der Waals surface area contributed by atoms with E-state index in [1.54, 1.807) is 0 Å². The molecule has 0 aromatic heterocycles. The van der Waals surface area contributed by atoms with Gasteiger partial charge in [-0.1, -0.05) is 0 Å². The summed E-state index contributed by atoms with van der Waals surface area (Å²) in [5.41, 5.74) is 5.79. The van der Waals surface area contributed by atoms with E-state index in [9.17, 15) is 9.18 Å². The highest BCUT2D eigenvalue weighted by atomic mass is 19.1. The Kier molecular flexibility index (Phi) is 4.25. The van der Waals surface area contributed by atoms with Crippen molar-refractivity contribution in [3.8, 4) is 0 Å². The maximum Gasteiger partial charge on any atom is 0.340 e. The first-order chi connectivity index (χ1) is 7.50. The Bertz CT molecular complexity index is 380. The van der Waals surface area contributed by atoms with Crippen LogP contribution in [0.15, 0.2) is 18.2 Å². The lowest BCUT2D eigenvalue weighted by molar-refractivity contribution is 0.0483. The van der Waals surface area contributed by atoms with Crippen LogP contribution < -0.4 is 5.73 Å². The average Bonchev–Trinajstić information content (AvgIpc) is 2.16. The number of halogens is 1. The van der Waals surface area contributed by atoms with Gasteiger partial charge in [-0.25, -0.2) is 9.18 Å². The van der Waals surface area contributed by atoms with Gasteiger partial charge in [-0.2, -0.15) is 0 Å². The van der Waals surface area contributed by atoms with Gasteiger partial charge in [-0.05, 0) is 32.3 Å². The Balaban J connectivity index is 2.59. The predicted octanol–water partition coefficient (Wildman–Crippen LogP) is 1.13. The third kappa shape index (κ3) is 3.51. The van der Waals surface area contributed by atoms with Crippen molar-refractivity contribution in [2.45, 2.75) is 0 Å². The molecule has 0 radical (unpaired) electrons. The molecule has 4 nitrogen and oxygen atoms in total. The van der Waals surface area contributed by atoms with Gasteiger partial charge in [-0.15, -0.1) is 0 Å². The first-order valence-corrected chi connectivity index (χ1v) is 4.87. The zero-order chi connectivity index (χ0) is 12.1. The summed E-state index contributed by atoms with van der Waals surface area (Å²) in [5, 5.41) is 0. The minimum absolute atomic E-state index is 0.0925. The fraction of sp³-hybridized carbons (Fsp3) is 0.364. The maximum atomic E-state index is 12.7. The number of rotatable bonds is 4. The zero-order valence-electron chi connectivity index (χ0n) is 9.37. The first kappa shape index (κ1) is 12.4. The van der Waals surface area contributed by atoms with Crippen molar-refractivity contribution in [3.05, 3.63) is 29.6 Å². The van der Waals surface area contributed by atoms with Crippen LogP contribution in [0.3, 0.4) is 0 Å². The smallest absolute Gasteiger partial charge is 0.340 e. The minimum atomic E-state index is -0.528. The predicted molar refractivity (Wildman–Crippen MR) is 59.6 cm³/mol. The van der Waals surface area contributed by atoms with E-state index in [0.29, 0.717) is 6.54 Å². The van der Waals surface area contributed by atoms with Crippen molar-refractivity contribution >= 4 is 11.7 Å². The normalized spacial score (nSPS) is 10.5. The van der Waals surface area contributed by atoms with Gasteiger partial charge in [0.25, 0.3) is 0 Å². The molecule has 0 aliphatic heterocycles. The van der Waals surface area contributed by atoms with Gasteiger partial charge in [0, 0.05) is 12.2 Å². The maximum absolute atomic E-state index is 12.7. The quantitative estimate of drug-likeness (QED) is 0.617. The van der Waals surface area contributed by atoms with Crippen molar-refractivity contribution < 1.29 is 13.9 Å². The SMILES string of the molecule is CN(C)CCOC(=O)c1ccc(F)cc1N. The highest BCUT2D eigenvalue weighted by Crippen LogP contribution is 2.14. The minimum Gasteiger partial charge on any atom is -0.461 e. The van der Waals surface area contributed by atoms with Crippen molar-refractivity contribution in [2.24, 2.45) is 0 Å². The molecule has 0 heterocycles. The molecule has 5 heteroatoms. The molecule has 88 valence electrons. The average molecular weight is 226 g/mol. The van der Waals surface area contributed by atoms with Crippen LogP contribution in [0, 0.1) is 5.82 Å². The highest BCUT2D eigenvalue weighted by molar-refractivity contribution is 5.94. The summed E-state index contributed by atoms with van der Waals surface area (Å²) in [4.78, 5) is 13.4. The van der Waals surface area contributed by atoms with Crippen LogP contribution >= 0.6 is 0 Å². The van der Waals surface area contributed by atoms with Gasteiger partial charge in [0.15, 0.2) is 0 Å². The van der Waals surface area contributed by atoms with Crippen LogP contribution in [0.4, 0.5) is 10.1 Å². The highest BCUT2D eigenvalue weighted by Gasteiger charge is 2.11. The van der Waals surface area contributed by atoms with Gasteiger partial charge in [0.2, 0.25) is 0 Å². The van der Waals surface area contributed by atoms with E-state index in [-0.39, 0.29) is 17.9 Å². The molecule has 1 rings (SSSR count). The number of ether oxygens (including phenoxy) is 1. The Morgan fingerprint density at radius 1 is 1.50 bits per heavy atom. The van der Waals surface area contributed by atoms with Crippen LogP contribution in [0.5, 0.6) is 0 Å². The number of carbonyl (C=O) groups is 1. The molecule has 0 unspecified atom stereocenters. The largest absolute Gasteiger partial charge is 0.461 e. The summed E-state index contributed by atoms with van der Waals surface area (Å²) in [5.74, 6) is -0.998. The number of nitrogen functional groups attached to an aromatic ring is 1. The van der Waals surface area contributed by atoms with Crippen LogP contribution in [0.25, 0.3) is 0 Å². The second kappa shape index (κ2) is 5.46. The molecule has 1 aromatic rings. The van der Waals surface area contributed by atoms with Crippen molar-refractivity contribution in [1.29, 1.82) is 0 Å². The number of nitrogens with two attached hydrogens (primary N) is 1. The number of anilines is 1. The summed E-state index contributed by atoms with van der Waals surface area (Å²) < 4.78 is 17.7. The molecule has 0 aliphatic rings. The van der Waals surface area contributed by atoms with E-state index >= 15 is 0 Å². The fourth-order valence-corrected chi connectivity index (χ4v) is 1.12. The molecule has 0 aliphatic carbocycles. The lowest BCUT2D eigenvalue weighted by Crippen LogP contribution is -2.20. The molecule has 0 atom stereocenters. The third-order valence-electron chi connectivity index (χ3n) is 2.01. The Hall–Kier alpha value is -1.62. The summed E-state index contributed by atoms with van der Waals surface area (Å²) in [6, 6.07) is 3.60. The summed E-state index contributed by atoms with van der Waals surface area (Å²) in [6.07, 6.45) is 0. The Labute approximate surface area is 93.8 Å². The van der Waals surface area contributed by atoms with E-state index in [4.69, 9.17) is 10.5 Å². The molecule has 16 heavy (non-hydrogen) atoms. The number of carbonyl (C=O) groups excluding carboxylic acids is 1. The van der Waals surface area contributed by atoms with E-state index < -0.39 is 11.8 Å². The van der Waals surface area contributed by atoms with Crippen LogP contribution in [0.2, 0.25) is 0 Å². The van der Waals surface area contributed by atoms with Crippen LogP contribution in [-0.2, 0) is 4.74 Å². The molecule has 0 amide bonds. The van der Waals surface area contributed by atoms with Gasteiger partial charge < -0.3 is 15.4 Å². The number of benzene rings is 1. The van der Waals surface area contributed by atoms with E-state index in [2.05, 4.69) is 0 Å². The summed E-state index contributed by atoms with van der Waals surface area (Å²) in [7, 11) is 3.75. The van der Waals surface area contributed by atoms with E-state index in [1.807, 2.05) is 19.0 Å². The molecule has 0 spiro atoms. The van der Waals surface area contributed by atoms with Crippen LogP contribution in [-0.4, -0.2) is 38.1 Å². The zero-order valence-corrected chi connectivity index (χ0v) is 9.37. The lowest BCUT2D eigenvalue weighted by Gasteiger charge is -2.10. The van der Waals surface area contributed by atoms with Crippen molar-refractivity contribution in [1.82, 2.24) is 4.90 Å². The van der Waals surface area contributed by atoms with Crippen LogP contribution in [0.1, 0.15) is 10.4 Å². The molecule has 1 aromatic carbocycles. The van der Waals surface area contributed by atoms with Gasteiger partial charge in [-0.3, -0.25) is 0 Å². The molecule has 0 bridgehead atoms. The molecule has 2 N–H and O–H groups in total. The number of hydrogen-bond donors (Lipinski definition) is 1. The third-order valence-corrected chi connectivity index (χ3v) is 2.01. The number of hydrogen-bond acceptors (Lipinski definition) is 4. The standard InChI is InChI=1S/C11H15FN2O2/c1-14(2)5-6-16-11(15)9-4-3-8(12)7-10(9)13/h3-4,7H,5-6,13H2,1-2H3.